The minimum Gasteiger partial charge on any atom is -0.399 e. The molecule has 1 aromatic carbocycles. The number of halogens is 4. The third kappa shape index (κ3) is 4.93. The molecule has 0 amide bonds. The van der Waals surface area contributed by atoms with Crippen molar-refractivity contribution < 1.29 is 26.7 Å². The zero-order valence-electron chi connectivity index (χ0n) is 17.0. The van der Waals surface area contributed by atoms with Crippen molar-refractivity contribution in [3.8, 4) is 0 Å². The smallest absolute Gasteiger partial charge is 0.399 e. The largest absolute Gasteiger partial charge is 0.494 e. The van der Waals surface area contributed by atoms with Gasteiger partial charge in [-0.05, 0) is 65.6 Å². The highest BCUT2D eigenvalue weighted by Gasteiger charge is 2.52. The van der Waals surface area contributed by atoms with Gasteiger partial charge < -0.3 is 9.31 Å². The van der Waals surface area contributed by atoms with Crippen LogP contribution in [-0.2, 0) is 20.3 Å². The van der Waals surface area contributed by atoms with Gasteiger partial charge in [0.25, 0.3) is 0 Å². The topological polar surface area (TPSA) is 47.6 Å². The Morgan fingerprint density at radius 1 is 1.11 bits per heavy atom. The van der Waals surface area contributed by atoms with Gasteiger partial charge in [0.1, 0.15) is 6.04 Å². The van der Waals surface area contributed by atoms with Gasteiger partial charge in [0, 0.05) is 5.02 Å². The molecule has 0 unspecified atom stereocenters. The minimum absolute atomic E-state index is 0.104. The van der Waals surface area contributed by atoms with Crippen molar-refractivity contribution in [2.75, 3.05) is 0 Å². The summed E-state index contributed by atoms with van der Waals surface area (Å²) in [5.41, 5.74) is -0.845. The van der Waals surface area contributed by atoms with Gasteiger partial charge in [0.05, 0.1) is 26.9 Å². The van der Waals surface area contributed by atoms with Crippen LogP contribution in [0.2, 0.25) is 5.02 Å². The number of benzene rings is 1. The lowest BCUT2D eigenvalue weighted by Gasteiger charge is -2.32. The molecule has 0 spiro atoms. The average molecular weight is 440 g/mol. The second-order valence-electron chi connectivity index (χ2n) is 8.84. The Hall–Kier alpha value is -0.605. The van der Waals surface area contributed by atoms with Gasteiger partial charge in [-0.1, -0.05) is 23.7 Å². The number of hydrogen-bond acceptors (Lipinski definition) is 3. The van der Waals surface area contributed by atoms with Gasteiger partial charge >= 0.3 is 13.3 Å². The Labute approximate surface area is 172 Å². The number of nitrogens with one attached hydrogen (secondary N) is 1. The third-order valence-electron chi connectivity index (χ3n) is 4.97. The summed E-state index contributed by atoms with van der Waals surface area (Å²) in [5, 5.41) is -0.104. The highest BCUT2D eigenvalue weighted by molar-refractivity contribution is 7.84. The summed E-state index contributed by atoms with van der Waals surface area (Å²) in [5.74, 6) is 0. The highest BCUT2D eigenvalue weighted by atomic mass is 35.5. The van der Waals surface area contributed by atoms with Crippen molar-refractivity contribution in [3.63, 3.8) is 0 Å². The Bertz CT molecular complexity index is 749. The Kier molecular flexibility index (Phi) is 6.41. The van der Waals surface area contributed by atoms with E-state index >= 15 is 0 Å². The summed E-state index contributed by atoms with van der Waals surface area (Å²) in [6.45, 7) is 12.3. The van der Waals surface area contributed by atoms with Gasteiger partial charge in [0.2, 0.25) is 0 Å². The number of alkyl halides is 3. The molecule has 1 saturated heterocycles. The molecule has 0 saturated carbocycles. The van der Waals surface area contributed by atoms with E-state index in [1.807, 2.05) is 27.7 Å². The van der Waals surface area contributed by atoms with Gasteiger partial charge in [-0.25, -0.2) is 8.93 Å². The first-order valence-electron chi connectivity index (χ1n) is 8.85. The predicted molar refractivity (Wildman–Crippen MR) is 107 cm³/mol. The summed E-state index contributed by atoms with van der Waals surface area (Å²) in [4.78, 5) is 0. The van der Waals surface area contributed by atoms with Crippen LogP contribution < -0.4 is 10.2 Å². The summed E-state index contributed by atoms with van der Waals surface area (Å²) >= 11 is 6.20. The van der Waals surface area contributed by atoms with Crippen molar-refractivity contribution in [1.29, 1.82) is 0 Å². The number of rotatable bonds is 4. The van der Waals surface area contributed by atoms with Crippen LogP contribution in [-0.4, -0.2) is 33.5 Å². The quantitative estimate of drug-likeness (QED) is 0.712. The molecule has 2 rings (SSSR count). The number of hydrogen-bond donors (Lipinski definition) is 1. The van der Waals surface area contributed by atoms with E-state index in [1.54, 1.807) is 20.8 Å². The monoisotopic (exact) mass is 439 g/mol. The molecule has 4 nitrogen and oxygen atoms in total. The highest BCUT2D eigenvalue weighted by Crippen LogP contribution is 2.39. The van der Waals surface area contributed by atoms with Crippen LogP contribution in [0.4, 0.5) is 13.2 Å². The van der Waals surface area contributed by atoms with Gasteiger partial charge in [0.15, 0.2) is 0 Å². The molecule has 158 valence electrons. The summed E-state index contributed by atoms with van der Waals surface area (Å²) < 4.78 is 66.3. The molecule has 1 aliphatic heterocycles. The third-order valence-corrected chi connectivity index (χ3v) is 6.86. The molecule has 1 heterocycles. The first kappa shape index (κ1) is 23.7. The summed E-state index contributed by atoms with van der Waals surface area (Å²) in [6.07, 6.45) is -4.67. The lowest BCUT2D eigenvalue weighted by atomic mass is 9.78. The molecule has 1 aromatic rings. The standard InChI is InChI=1S/C18H26BClF3NO3S/c1-15(2,3)28(25)24-14(18(21,22)23)12-9-8-11(10-13(12)20)19-26-16(4,5)17(6,7)27-19/h8-10,14,24H,1-7H3/t14-,28+/m0/s1. The van der Waals surface area contributed by atoms with Crippen LogP contribution in [0.1, 0.15) is 60.1 Å². The molecular weight excluding hydrogens is 414 g/mol. The summed E-state index contributed by atoms with van der Waals surface area (Å²) in [6, 6.07) is 2.00. The Balaban J connectivity index is 2.35. The average Bonchev–Trinajstić information content (AvgIpc) is 2.71. The molecule has 0 radical (unpaired) electrons. The SMILES string of the molecule is CC(C)(C)[S@@](=O)N[C@@H](c1ccc(B2OC(C)(C)C(C)(C)O2)cc1Cl)C(F)(F)F. The van der Waals surface area contributed by atoms with Crippen LogP contribution in [0.25, 0.3) is 0 Å². The first-order chi connectivity index (χ1) is 12.5. The normalized spacial score (nSPS) is 21.6. The Morgan fingerprint density at radius 3 is 2.00 bits per heavy atom. The predicted octanol–water partition coefficient (Wildman–Crippen LogP) is 4.29. The van der Waals surface area contributed by atoms with Crippen molar-refractivity contribution in [1.82, 2.24) is 4.72 Å². The van der Waals surface area contributed by atoms with E-state index < -0.39 is 46.3 Å². The van der Waals surface area contributed by atoms with E-state index in [0.717, 1.165) is 0 Å². The maximum Gasteiger partial charge on any atom is 0.494 e. The molecule has 28 heavy (non-hydrogen) atoms. The molecule has 1 fully saturated rings. The molecule has 1 aliphatic rings. The molecule has 2 atom stereocenters. The lowest BCUT2D eigenvalue weighted by Crippen LogP contribution is -2.42. The fraction of sp³-hybridized carbons (Fsp3) is 0.667. The van der Waals surface area contributed by atoms with E-state index in [9.17, 15) is 17.4 Å². The molecule has 0 aliphatic carbocycles. The summed E-state index contributed by atoms with van der Waals surface area (Å²) in [7, 11) is -2.67. The fourth-order valence-corrected chi connectivity index (χ4v) is 3.62. The van der Waals surface area contributed by atoms with Crippen molar-refractivity contribution >= 4 is 35.2 Å². The molecule has 0 aromatic heterocycles. The zero-order valence-corrected chi connectivity index (χ0v) is 18.6. The second-order valence-corrected chi connectivity index (χ2v) is 11.2. The molecule has 1 N–H and O–H groups in total. The van der Waals surface area contributed by atoms with Crippen LogP contribution >= 0.6 is 11.6 Å². The van der Waals surface area contributed by atoms with Crippen LogP contribution in [0.5, 0.6) is 0 Å². The van der Waals surface area contributed by atoms with Crippen LogP contribution in [0.15, 0.2) is 18.2 Å². The van der Waals surface area contributed by atoms with E-state index in [-0.39, 0.29) is 10.6 Å². The van der Waals surface area contributed by atoms with Crippen LogP contribution in [0.3, 0.4) is 0 Å². The van der Waals surface area contributed by atoms with E-state index in [4.69, 9.17) is 20.9 Å². The minimum atomic E-state index is -4.67. The van der Waals surface area contributed by atoms with E-state index in [1.165, 1.54) is 18.2 Å². The first-order valence-corrected chi connectivity index (χ1v) is 10.4. The lowest BCUT2D eigenvalue weighted by molar-refractivity contribution is -0.152. The molecule has 10 heteroatoms. The molecule has 0 bridgehead atoms. The van der Waals surface area contributed by atoms with Crippen molar-refractivity contribution in [2.45, 2.75) is 76.6 Å². The van der Waals surface area contributed by atoms with E-state index in [2.05, 4.69) is 4.72 Å². The van der Waals surface area contributed by atoms with Gasteiger partial charge in [-0.3, -0.25) is 0 Å². The maximum atomic E-state index is 13.6. The van der Waals surface area contributed by atoms with Crippen LogP contribution in [0, 0.1) is 0 Å². The van der Waals surface area contributed by atoms with Crippen molar-refractivity contribution in [2.24, 2.45) is 0 Å². The van der Waals surface area contributed by atoms with Gasteiger partial charge in [-0.2, -0.15) is 13.2 Å². The fourth-order valence-electron chi connectivity index (χ4n) is 2.49. The zero-order chi connectivity index (χ0) is 21.7. The van der Waals surface area contributed by atoms with E-state index in [0.29, 0.717) is 5.46 Å². The Morgan fingerprint density at radius 2 is 1.61 bits per heavy atom. The molecular formula is C18H26BClF3NO3S. The van der Waals surface area contributed by atoms with Crippen molar-refractivity contribution in [3.05, 3.63) is 28.8 Å². The second kappa shape index (κ2) is 7.58. The van der Waals surface area contributed by atoms with Gasteiger partial charge in [-0.15, -0.1) is 0 Å². The maximum absolute atomic E-state index is 13.6.